The fourth-order valence-electron chi connectivity index (χ4n) is 5.66. The molecule has 1 amide bonds. The molecule has 0 saturated carbocycles. The van der Waals surface area contributed by atoms with Gasteiger partial charge < -0.3 is 24.2 Å². The Morgan fingerprint density at radius 2 is 1.90 bits per heavy atom. The lowest BCUT2D eigenvalue weighted by atomic mass is 9.94. The monoisotopic (exact) mass is 548 g/mol. The van der Waals surface area contributed by atoms with Crippen LogP contribution in [0.4, 0.5) is 0 Å². The minimum Gasteiger partial charge on any atom is -0.507 e. The topological polar surface area (TPSA) is 88.5 Å². The zero-order valence-corrected chi connectivity index (χ0v) is 23.7. The quantitative estimate of drug-likeness (QED) is 0.264. The molecule has 3 heterocycles. The van der Waals surface area contributed by atoms with Crippen LogP contribution in [-0.2, 0) is 20.7 Å². The van der Waals surface area contributed by atoms with Crippen LogP contribution in [0.3, 0.4) is 0 Å². The highest BCUT2D eigenvalue weighted by molar-refractivity contribution is 6.46. The molecule has 8 heteroatoms. The first-order valence-electron chi connectivity index (χ1n) is 14.4. The molecular weight excluding hydrogens is 508 g/mol. The molecule has 3 aliphatic heterocycles. The molecule has 0 spiro atoms. The van der Waals surface area contributed by atoms with Gasteiger partial charge in [0.05, 0.1) is 31.4 Å². The molecule has 5 rings (SSSR count). The maximum atomic E-state index is 13.5. The van der Waals surface area contributed by atoms with E-state index in [1.54, 1.807) is 11.0 Å². The van der Waals surface area contributed by atoms with E-state index in [4.69, 9.17) is 14.2 Å². The second-order valence-corrected chi connectivity index (χ2v) is 11.4. The molecule has 2 saturated heterocycles. The number of nitrogens with zero attached hydrogens (tertiary/aromatic N) is 2. The highest BCUT2D eigenvalue weighted by Gasteiger charge is 2.46. The van der Waals surface area contributed by atoms with Gasteiger partial charge in [0.25, 0.3) is 11.7 Å². The molecule has 0 aromatic heterocycles. The van der Waals surface area contributed by atoms with Crippen molar-refractivity contribution >= 4 is 17.4 Å². The molecule has 2 aromatic rings. The van der Waals surface area contributed by atoms with Gasteiger partial charge in [-0.15, -0.1) is 0 Å². The summed E-state index contributed by atoms with van der Waals surface area (Å²) in [7, 11) is 0. The molecular formula is C32H40N2O6. The number of hydrogen-bond acceptors (Lipinski definition) is 7. The number of likely N-dealkylation sites (tertiary alicyclic amines) is 1. The lowest BCUT2D eigenvalue weighted by Gasteiger charge is -2.29. The second-order valence-electron chi connectivity index (χ2n) is 11.4. The highest BCUT2D eigenvalue weighted by atomic mass is 16.5. The molecule has 0 bridgehead atoms. The molecule has 0 aliphatic carbocycles. The average molecular weight is 549 g/mol. The zero-order valence-electron chi connectivity index (χ0n) is 23.7. The van der Waals surface area contributed by atoms with Gasteiger partial charge in [0.15, 0.2) is 0 Å². The van der Waals surface area contributed by atoms with E-state index in [-0.39, 0.29) is 17.4 Å². The number of aliphatic hydroxyl groups excluding tert-OH is 1. The van der Waals surface area contributed by atoms with E-state index < -0.39 is 17.7 Å². The van der Waals surface area contributed by atoms with Gasteiger partial charge in [0, 0.05) is 38.2 Å². The molecule has 1 N–H and O–H groups in total. The summed E-state index contributed by atoms with van der Waals surface area (Å²) in [6.07, 6.45) is 2.42. The molecule has 2 atom stereocenters. The Morgan fingerprint density at radius 1 is 1.10 bits per heavy atom. The summed E-state index contributed by atoms with van der Waals surface area (Å²) < 4.78 is 17.3. The van der Waals surface area contributed by atoms with E-state index in [0.29, 0.717) is 50.0 Å². The summed E-state index contributed by atoms with van der Waals surface area (Å²) in [6, 6.07) is 12.3. The van der Waals surface area contributed by atoms with Gasteiger partial charge >= 0.3 is 0 Å². The molecule has 2 fully saturated rings. The third kappa shape index (κ3) is 6.18. The predicted octanol–water partition coefficient (Wildman–Crippen LogP) is 4.58. The Balaban J connectivity index is 1.47. The van der Waals surface area contributed by atoms with Crippen LogP contribution >= 0.6 is 0 Å². The van der Waals surface area contributed by atoms with Crippen LogP contribution in [0.5, 0.6) is 11.5 Å². The number of amides is 1. The van der Waals surface area contributed by atoms with Crippen molar-refractivity contribution in [3.8, 4) is 11.5 Å². The average Bonchev–Trinajstić information content (AvgIpc) is 3.44. The first-order chi connectivity index (χ1) is 19.3. The normalized spacial score (nSPS) is 22.6. The van der Waals surface area contributed by atoms with Crippen molar-refractivity contribution in [1.29, 1.82) is 0 Å². The Kier molecular flexibility index (Phi) is 8.76. The lowest BCUT2D eigenvalue weighted by Crippen LogP contribution is -2.38. The van der Waals surface area contributed by atoms with Gasteiger partial charge in [-0.3, -0.25) is 14.5 Å². The molecule has 3 aliphatic rings. The Morgan fingerprint density at radius 3 is 2.67 bits per heavy atom. The number of carbonyl (C=O) groups is 2. The van der Waals surface area contributed by atoms with Gasteiger partial charge in [-0.2, -0.15) is 0 Å². The van der Waals surface area contributed by atoms with Gasteiger partial charge in [0.1, 0.15) is 23.4 Å². The van der Waals surface area contributed by atoms with Crippen molar-refractivity contribution in [2.45, 2.75) is 52.2 Å². The molecule has 2 aromatic carbocycles. The summed E-state index contributed by atoms with van der Waals surface area (Å²) in [5.74, 6) is 0.578. The van der Waals surface area contributed by atoms with E-state index in [1.807, 2.05) is 43.3 Å². The van der Waals surface area contributed by atoms with Crippen LogP contribution in [0.2, 0.25) is 0 Å². The fraction of sp³-hybridized carbons (Fsp3) is 0.500. The van der Waals surface area contributed by atoms with Crippen LogP contribution < -0.4 is 9.47 Å². The van der Waals surface area contributed by atoms with Crippen LogP contribution in [0.15, 0.2) is 48.0 Å². The third-order valence-electron chi connectivity index (χ3n) is 7.82. The SMILES string of the molecule is CC(C)CCOc1cccc([C@H]2/C(=C(\O)c3ccc4c(c3)C[C@@H](C)O4)C(=O)C(=O)N2CCCN2CCOCC2)c1. The first-order valence-corrected chi connectivity index (χ1v) is 14.4. The van der Waals surface area contributed by atoms with Crippen molar-refractivity contribution < 1.29 is 28.9 Å². The van der Waals surface area contributed by atoms with Crippen molar-refractivity contribution in [2.24, 2.45) is 5.92 Å². The van der Waals surface area contributed by atoms with Gasteiger partial charge in [0.2, 0.25) is 0 Å². The summed E-state index contributed by atoms with van der Waals surface area (Å²) >= 11 is 0. The van der Waals surface area contributed by atoms with Crippen molar-refractivity contribution in [1.82, 2.24) is 9.80 Å². The van der Waals surface area contributed by atoms with E-state index in [0.717, 1.165) is 49.4 Å². The smallest absolute Gasteiger partial charge is 0.295 e. The maximum absolute atomic E-state index is 13.5. The summed E-state index contributed by atoms with van der Waals surface area (Å²) in [4.78, 5) is 30.9. The van der Waals surface area contributed by atoms with Crippen LogP contribution in [-0.4, -0.2) is 78.7 Å². The Hall–Kier alpha value is -3.36. The predicted molar refractivity (Wildman–Crippen MR) is 153 cm³/mol. The molecule has 0 unspecified atom stereocenters. The number of aliphatic hydroxyl groups is 1. The van der Waals surface area contributed by atoms with Gasteiger partial charge in [-0.1, -0.05) is 26.0 Å². The summed E-state index contributed by atoms with van der Waals surface area (Å²) in [5, 5.41) is 11.5. The third-order valence-corrected chi connectivity index (χ3v) is 7.82. The maximum Gasteiger partial charge on any atom is 0.295 e. The van der Waals surface area contributed by atoms with Gasteiger partial charge in [-0.05, 0) is 67.1 Å². The van der Waals surface area contributed by atoms with Crippen molar-refractivity contribution in [3.05, 3.63) is 64.7 Å². The molecule has 40 heavy (non-hydrogen) atoms. The number of ketones is 1. The molecule has 0 radical (unpaired) electrons. The largest absolute Gasteiger partial charge is 0.507 e. The number of carbonyl (C=O) groups excluding carboxylic acids is 2. The first kappa shape index (κ1) is 28.2. The molecule has 214 valence electrons. The number of fused-ring (bicyclic) bond motifs is 1. The Bertz CT molecular complexity index is 1270. The highest BCUT2D eigenvalue weighted by Crippen LogP contribution is 2.41. The number of benzene rings is 2. The minimum atomic E-state index is -0.707. The number of rotatable bonds is 10. The van der Waals surface area contributed by atoms with E-state index in [2.05, 4.69) is 18.7 Å². The lowest BCUT2D eigenvalue weighted by molar-refractivity contribution is -0.140. The van der Waals surface area contributed by atoms with Crippen molar-refractivity contribution in [2.75, 3.05) is 46.0 Å². The number of hydrogen-bond donors (Lipinski definition) is 1. The fourth-order valence-corrected chi connectivity index (χ4v) is 5.66. The van der Waals surface area contributed by atoms with Crippen molar-refractivity contribution in [3.63, 3.8) is 0 Å². The molecule has 8 nitrogen and oxygen atoms in total. The van der Waals surface area contributed by atoms with E-state index >= 15 is 0 Å². The number of Topliss-reactive ketones (excluding diaryl/α,β-unsaturated/α-hetero) is 1. The number of ether oxygens (including phenoxy) is 3. The van der Waals surface area contributed by atoms with Crippen LogP contribution in [0.1, 0.15) is 56.3 Å². The van der Waals surface area contributed by atoms with Crippen LogP contribution in [0.25, 0.3) is 5.76 Å². The van der Waals surface area contributed by atoms with E-state index in [9.17, 15) is 14.7 Å². The van der Waals surface area contributed by atoms with Crippen LogP contribution in [0, 0.1) is 5.92 Å². The minimum absolute atomic E-state index is 0.0582. The summed E-state index contributed by atoms with van der Waals surface area (Å²) in [6.45, 7) is 11.2. The Labute approximate surface area is 236 Å². The summed E-state index contributed by atoms with van der Waals surface area (Å²) in [5.41, 5.74) is 2.35. The number of morpholine rings is 1. The van der Waals surface area contributed by atoms with Gasteiger partial charge in [-0.25, -0.2) is 0 Å². The standard InChI is InChI=1S/C32H40N2O6/c1-21(2)10-15-39-26-7-4-6-23(20-26)29-28(30(35)24-8-9-27-25(19-24)18-22(3)40-27)31(36)32(37)34(29)12-5-11-33-13-16-38-17-14-33/h4,6-9,19-22,29,35H,5,10-18H2,1-3H3/b30-28+/t22-,29+/m1/s1. The zero-order chi connectivity index (χ0) is 28.2. The second kappa shape index (κ2) is 12.4. The van der Waals surface area contributed by atoms with E-state index in [1.165, 1.54) is 0 Å².